The molecule has 3 rings (SSSR count). The molecule has 1 fully saturated rings. The van der Waals surface area contributed by atoms with Crippen LogP contribution in [0, 0.1) is 0 Å². The number of rotatable bonds is 1. The van der Waals surface area contributed by atoms with Crippen molar-refractivity contribution < 1.29 is 0 Å². The molecule has 0 bridgehead atoms. The van der Waals surface area contributed by atoms with Crippen molar-refractivity contribution in [2.75, 3.05) is 18.0 Å². The Balaban J connectivity index is 2.07. The van der Waals surface area contributed by atoms with Gasteiger partial charge in [-0.1, -0.05) is 22.0 Å². The van der Waals surface area contributed by atoms with Crippen LogP contribution in [0.15, 0.2) is 34.8 Å². The van der Waals surface area contributed by atoms with Crippen molar-refractivity contribution in [2.45, 2.75) is 12.8 Å². The van der Waals surface area contributed by atoms with Crippen LogP contribution in [0.25, 0.3) is 10.9 Å². The third-order valence-corrected chi connectivity index (χ3v) is 3.56. The number of hydrogen-bond donors (Lipinski definition) is 0. The van der Waals surface area contributed by atoms with Gasteiger partial charge in [-0.15, -0.1) is 0 Å². The molecule has 1 saturated heterocycles. The lowest BCUT2D eigenvalue weighted by molar-refractivity contribution is 0.944. The molecule has 1 aliphatic rings. The normalized spacial score (nSPS) is 15.9. The van der Waals surface area contributed by atoms with Gasteiger partial charge in [0.1, 0.15) is 5.82 Å². The van der Waals surface area contributed by atoms with E-state index in [1.807, 2.05) is 0 Å². The standard InChI is InChI=1S/C13H13BrN2/c14-11-5-3-10-4-6-13(15-12(10)9-11)16-7-1-2-8-16/h3-6,9H,1-2,7-8H2. The fourth-order valence-electron chi connectivity index (χ4n) is 2.20. The molecule has 0 unspecified atom stereocenters. The van der Waals surface area contributed by atoms with E-state index >= 15 is 0 Å². The summed E-state index contributed by atoms with van der Waals surface area (Å²) in [6, 6.07) is 10.5. The van der Waals surface area contributed by atoms with E-state index in [2.05, 4.69) is 51.2 Å². The van der Waals surface area contributed by atoms with E-state index in [9.17, 15) is 0 Å². The van der Waals surface area contributed by atoms with E-state index in [1.165, 1.54) is 18.2 Å². The maximum Gasteiger partial charge on any atom is 0.129 e. The van der Waals surface area contributed by atoms with Crippen LogP contribution in [-0.2, 0) is 0 Å². The first kappa shape index (κ1) is 10.1. The van der Waals surface area contributed by atoms with Crippen molar-refractivity contribution in [3.63, 3.8) is 0 Å². The Morgan fingerprint density at radius 3 is 2.62 bits per heavy atom. The van der Waals surface area contributed by atoms with E-state index in [0.717, 1.165) is 28.9 Å². The van der Waals surface area contributed by atoms with Gasteiger partial charge < -0.3 is 4.90 Å². The van der Waals surface area contributed by atoms with Crippen molar-refractivity contribution in [2.24, 2.45) is 0 Å². The number of halogens is 1. The zero-order valence-corrected chi connectivity index (χ0v) is 10.6. The minimum absolute atomic E-state index is 1.07. The summed E-state index contributed by atoms with van der Waals surface area (Å²) in [6.07, 6.45) is 2.58. The summed E-state index contributed by atoms with van der Waals surface area (Å²) in [5, 5.41) is 1.20. The molecule has 1 aliphatic heterocycles. The smallest absolute Gasteiger partial charge is 0.129 e. The van der Waals surface area contributed by atoms with Crippen molar-refractivity contribution in [1.29, 1.82) is 0 Å². The number of anilines is 1. The number of hydrogen-bond acceptors (Lipinski definition) is 2. The first-order valence-electron chi connectivity index (χ1n) is 5.64. The number of fused-ring (bicyclic) bond motifs is 1. The SMILES string of the molecule is Brc1ccc2ccc(N3CCCC3)nc2c1. The maximum absolute atomic E-state index is 4.71. The van der Waals surface area contributed by atoms with E-state index in [0.29, 0.717) is 0 Å². The Hall–Kier alpha value is -1.09. The molecule has 0 spiro atoms. The summed E-state index contributed by atoms with van der Waals surface area (Å²) < 4.78 is 1.09. The zero-order chi connectivity index (χ0) is 11.0. The van der Waals surface area contributed by atoms with Gasteiger partial charge in [0.05, 0.1) is 5.52 Å². The zero-order valence-electron chi connectivity index (χ0n) is 8.99. The summed E-state index contributed by atoms with van der Waals surface area (Å²) >= 11 is 3.49. The first-order chi connectivity index (χ1) is 7.83. The average molecular weight is 277 g/mol. The monoisotopic (exact) mass is 276 g/mol. The largest absolute Gasteiger partial charge is 0.357 e. The van der Waals surface area contributed by atoms with Gasteiger partial charge in [-0.2, -0.15) is 0 Å². The van der Waals surface area contributed by atoms with Crippen LogP contribution in [0.1, 0.15) is 12.8 Å². The van der Waals surface area contributed by atoms with Crippen molar-refractivity contribution in [3.8, 4) is 0 Å². The van der Waals surface area contributed by atoms with E-state index < -0.39 is 0 Å². The van der Waals surface area contributed by atoms with Crippen molar-refractivity contribution in [3.05, 3.63) is 34.8 Å². The van der Waals surface area contributed by atoms with Gasteiger partial charge >= 0.3 is 0 Å². The number of aromatic nitrogens is 1. The third-order valence-electron chi connectivity index (χ3n) is 3.07. The highest BCUT2D eigenvalue weighted by atomic mass is 79.9. The summed E-state index contributed by atoms with van der Waals surface area (Å²) in [5.74, 6) is 1.11. The van der Waals surface area contributed by atoms with E-state index in [-0.39, 0.29) is 0 Å². The number of benzene rings is 1. The molecule has 3 heteroatoms. The van der Waals surface area contributed by atoms with Gasteiger partial charge in [0.2, 0.25) is 0 Å². The lowest BCUT2D eigenvalue weighted by Gasteiger charge is -2.16. The van der Waals surface area contributed by atoms with Crippen LogP contribution >= 0.6 is 15.9 Å². The van der Waals surface area contributed by atoms with Gasteiger partial charge in [0.15, 0.2) is 0 Å². The topological polar surface area (TPSA) is 16.1 Å². The lowest BCUT2D eigenvalue weighted by Crippen LogP contribution is -2.18. The van der Waals surface area contributed by atoms with Crippen LogP contribution in [0.5, 0.6) is 0 Å². The molecular formula is C13H13BrN2. The van der Waals surface area contributed by atoms with Gasteiger partial charge in [-0.25, -0.2) is 4.98 Å². The highest BCUT2D eigenvalue weighted by Crippen LogP contribution is 2.23. The van der Waals surface area contributed by atoms with E-state index in [1.54, 1.807) is 0 Å². The molecule has 0 aliphatic carbocycles. The van der Waals surface area contributed by atoms with Crippen LogP contribution in [0.2, 0.25) is 0 Å². The second-order valence-electron chi connectivity index (χ2n) is 4.20. The van der Waals surface area contributed by atoms with Gasteiger partial charge in [-0.05, 0) is 37.1 Å². The van der Waals surface area contributed by atoms with Gasteiger partial charge in [0.25, 0.3) is 0 Å². The molecule has 1 aromatic carbocycles. The highest BCUT2D eigenvalue weighted by Gasteiger charge is 2.13. The van der Waals surface area contributed by atoms with Crippen LogP contribution in [0.4, 0.5) is 5.82 Å². The molecular weight excluding hydrogens is 264 g/mol. The molecule has 1 aromatic heterocycles. The Morgan fingerprint density at radius 1 is 1.06 bits per heavy atom. The molecule has 82 valence electrons. The fraction of sp³-hybridized carbons (Fsp3) is 0.308. The third kappa shape index (κ3) is 1.80. The molecule has 0 radical (unpaired) electrons. The second-order valence-corrected chi connectivity index (χ2v) is 5.12. The Kier molecular flexibility index (Phi) is 2.56. The average Bonchev–Trinajstić information content (AvgIpc) is 2.81. The number of nitrogens with zero attached hydrogens (tertiary/aromatic N) is 2. The lowest BCUT2D eigenvalue weighted by atomic mass is 10.2. The predicted molar refractivity (Wildman–Crippen MR) is 70.9 cm³/mol. The quantitative estimate of drug-likeness (QED) is 0.791. The predicted octanol–water partition coefficient (Wildman–Crippen LogP) is 3.60. The van der Waals surface area contributed by atoms with Gasteiger partial charge in [-0.3, -0.25) is 0 Å². The molecule has 0 N–H and O–H groups in total. The summed E-state index contributed by atoms with van der Waals surface area (Å²) in [4.78, 5) is 7.08. The van der Waals surface area contributed by atoms with Crippen molar-refractivity contribution in [1.82, 2.24) is 4.98 Å². The molecule has 0 saturated carbocycles. The minimum atomic E-state index is 1.07. The molecule has 16 heavy (non-hydrogen) atoms. The summed E-state index contributed by atoms with van der Waals surface area (Å²) in [6.45, 7) is 2.29. The Bertz CT molecular complexity index is 518. The molecule has 2 nitrogen and oxygen atoms in total. The molecule has 2 heterocycles. The van der Waals surface area contributed by atoms with E-state index in [4.69, 9.17) is 4.98 Å². The van der Waals surface area contributed by atoms with Crippen LogP contribution in [0.3, 0.4) is 0 Å². The first-order valence-corrected chi connectivity index (χ1v) is 6.43. The van der Waals surface area contributed by atoms with Gasteiger partial charge in [0, 0.05) is 22.9 Å². The molecule has 0 amide bonds. The van der Waals surface area contributed by atoms with Crippen molar-refractivity contribution >= 4 is 32.7 Å². The minimum Gasteiger partial charge on any atom is -0.357 e. The number of pyridine rings is 1. The highest BCUT2D eigenvalue weighted by molar-refractivity contribution is 9.10. The Labute approximate surface area is 103 Å². The second kappa shape index (κ2) is 4.06. The maximum atomic E-state index is 4.71. The Morgan fingerprint density at radius 2 is 1.81 bits per heavy atom. The molecule has 0 atom stereocenters. The molecule has 2 aromatic rings. The van der Waals surface area contributed by atoms with Crippen LogP contribution < -0.4 is 4.90 Å². The summed E-state index contributed by atoms with van der Waals surface area (Å²) in [7, 11) is 0. The summed E-state index contributed by atoms with van der Waals surface area (Å²) in [5.41, 5.74) is 1.07. The van der Waals surface area contributed by atoms with Crippen LogP contribution in [-0.4, -0.2) is 18.1 Å². The fourth-order valence-corrected chi connectivity index (χ4v) is 2.55.